The maximum atomic E-state index is 14.9. The molecule has 7 rings (SSSR count). The number of alkyl carbamates (subject to hydrolysis) is 1. The van der Waals surface area contributed by atoms with E-state index in [2.05, 4.69) is 27.5 Å². The summed E-state index contributed by atoms with van der Waals surface area (Å²) < 4.78 is 18.0. The number of likely N-dealkylation sites (tertiary alicyclic amines) is 1. The van der Waals surface area contributed by atoms with Crippen molar-refractivity contribution in [1.82, 2.24) is 25.5 Å². The van der Waals surface area contributed by atoms with Crippen LogP contribution in [0.5, 0.6) is 11.5 Å². The standard InChI is InChI=1S/C44H56N6O9S/c1-6-26-21-44(26,40(54)55)49-38(52)34-19-29(23-50(34)39(53)37(25-12-8-7-9-13-25)48-42(56)59-27-14-10-11-15-27)58-35-20-32(45-31-18-28(57-5)16-17-30(31)35)33-24-60-41(46-33)47-36(51)22-43(2,3)4/h6,16-18,20,24-27,29,34,37H,1,7-15,19,21-23H2,2-5H3,(H,48,56)(H,49,52)(H,54,55)(H,46,47,51)/t26-,29-,34-,37+,44-/m1/s1. The number of anilines is 1. The summed E-state index contributed by atoms with van der Waals surface area (Å²) in [6, 6.07) is 5.06. The monoisotopic (exact) mass is 844 g/mol. The minimum atomic E-state index is -1.52. The van der Waals surface area contributed by atoms with Crippen molar-refractivity contribution < 1.29 is 43.3 Å². The Bertz CT molecular complexity index is 2120. The number of rotatable bonds is 14. The van der Waals surface area contributed by atoms with Crippen LogP contribution in [-0.2, 0) is 23.9 Å². The molecular weight excluding hydrogens is 789 g/mol. The van der Waals surface area contributed by atoms with E-state index in [-0.39, 0.29) is 42.7 Å². The molecule has 15 nitrogen and oxygen atoms in total. The van der Waals surface area contributed by atoms with Gasteiger partial charge in [-0.15, -0.1) is 17.9 Å². The number of ether oxygens (including phenoxy) is 3. The van der Waals surface area contributed by atoms with Gasteiger partial charge in [0.2, 0.25) is 17.7 Å². The molecule has 322 valence electrons. The lowest BCUT2D eigenvalue weighted by molar-refractivity contribution is -0.146. The minimum Gasteiger partial charge on any atom is -0.497 e. The maximum absolute atomic E-state index is 14.9. The summed E-state index contributed by atoms with van der Waals surface area (Å²) in [5.41, 5.74) is -0.205. The van der Waals surface area contributed by atoms with E-state index in [9.17, 15) is 29.1 Å². The van der Waals surface area contributed by atoms with Gasteiger partial charge >= 0.3 is 12.1 Å². The predicted octanol–water partition coefficient (Wildman–Crippen LogP) is 6.85. The topological polar surface area (TPSA) is 198 Å². The fraction of sp³-hybridized carbons (Fsp3) is 0.568. The lowest BCUT2D eigenvalue weighted by atomic mass is 9.83. The van der Waals surface area contributed by atoms with Crippen molar-refractivity contribution in [2.45, 2.75) is 128 Å². The summed E-state index contributed by atoms with van der Waals surface area (Å²) in [6.07, 6.45) is 8.26. The van der Waals surface area contributed by atoms with Crippen LogP contribution < -0.4 is 25.4 Å². The third-order valence-electron chi connectivity index (χ3n) is 12.1. The number of thiazole rings is 1. The van der Waals surface area contributed by atoms with Gasteiger partial charge in [0, 0.05) is 41.7 Å². The van der Waals surface area contributed by atoms with Crippen molar-refractivity contribution in [3.63, 3.8) is 0 Å². The fourth-order valence-corrected chi connectivity index (χ4v) is 9.57. The van der Waals surface area contributed by atoms with Crippen LogP contribution in [0.2, 0.25) is 0 Å². The Morgan fingerprint density at radius 2 is 1.75 bits per heavy atom. The highest BCUT2D eigenvalue weighted by atomic mass is 32.1. The average molecular weight is 845 g/mol. The Morgan fingerprint density at radius 1 is 1.02 bits per heavy atom. The van der Waals surface area contributed by atoms with Crippen molar-refractivity contribution >= 4 is 57.2 Å². The largest absolute Gasteiger partial charge is 0.497 e. The summed E-state index contributed by atoms with van der Waals surface area (Å²) in [6.45, 7) is 9.70. The van der Waals surface area contributed by atoms with E-state index < -0.39 is 53.5 Å². The third kappa shape index (κ3) is 9.69. The van der Waals surface area contributed by atoms with Crippen LogP contribution in [0.3, 0.4) is 0 Å². The molecule has 1 aliphatic heterocycles. The molecule has 16 heteroatoms. The summed E-state index contributed by atoms with van der Waals surface area (Å²) in [4.78, 5) is 78.6. The molecule has 1 saturated heterocycles. The molecule has 3 aliphatic carbocycles. The first-order chi connectivity index (χ1) is 28.7. The molecule has 3 saturated carbocycles. The molecule has 3 heterocycles. The number of carbonyl (C=O) groups is 5. The van der Waals surface area contributed by atoms with Crippen molar-refractivity contribution in [1.29, 1.82) is 0 Å². The molecule has 0 bridgehead atoms. The van der Waals surface area contributed by atoms with E-state index in [1.54, 1.807) is 30.7 Å². The molecule has 4 amide bonds. The van der Waals surface area contributed by atoms with Crippen LogP contribution in [0.4, 0.5) is 9.93 Å². The first kappa shape index (κ1) is 42.9. The lowest BCUT2D eigenvalue weighted by Crippen LogP contribution is -2.58. The Kier molecular flexibility index (Phi) is 12.7. The molecular formula is C44H56N6O9S. The number of amides is 4. The molecule has 2 aromatic heterocycles. The second-order valence-corrected chi connectivity index (χ2v) is 18.7. The van der Waals surface area contributed by atoms with Gasteiger partial charge in [-0.2, -0.15) is 0 Å². The second-order valence-electron chi connectivity index (χ2n) is 17.8. The number of fused-ring (bicyclic) bond motifs is 1. The summed E-state index contributed by atoms with van der Waals surface area (Å²) in [5.74, 6) is -2.03. The van der Waals surface area contributed by atoms with Crippen molar-refractivity contribution in [2.75, 3.05) is 19.0 Å². The normalized spacial score (nSPS) is 23.7. The SMILES string of the molecule is C=C[C@@H]1C[C@]1(NC(=O)[C@H]1C[C@@H](Oc2cc(-c3csc(NC(=O)CC(C)(C)C)n3)nc3cc(OC)ccc23)CN1C(=O)[C@@H](NC(=O)OC1CCCC1)C1CCCCC1)C(=O)O. The second kappa shape index (κ2) is 17.8. The number of benzene rings is 1. The van der Waals surface area contributed by atoms with Gasteiger partial charge in [0.1, 0.15) is 47.0 Å². The number of hydrogen-bond acceptors (Lipinski definition) is 11. The minimum absolute atomic E-state index is 0.0135. The number of aromatic nitrogens is 2. The molecule has 0 unspecified atom stereocenters. The number of carboxylic acids is 1. The van der Waals surface area contributed by atoms with Crippen LogP contribution in [0.1, 0.15) is 97.8 Å². The molecule has 4 aliphatic rings. The van der Waals surface area contributed by atoms with Gasteiger partial charge < -0.3 is 40.2 Å². The zero-order valence-electron chi connectivity index (χ0n) is 34.8. The molecule has 4 fully saturated rings. The molecule has 60 heavy (non-hydrogen) atoms. The van der Waals surface area contributed by atoms with E-state index in [0.717, 1.165) is 57.8 Å². The predicted molar refractivity (Wildman–Crippen MR) is 226 cm³/mol. The third-order valence-corrected chi connectivity index (χ3v) is 12.8. The number of hydrogen-bond donors (Lipinski definition) is 4. The van der Waals surface area contributed by atoms with Crippen LogP contribution in [0, 0.1) is 17.3 Å². The number of nitrogens with zero attached hydrogens (tertiary/aromatic N) is 3. The van der Waals surface area contributed by atoms with Gasteiger partial charge in [-0.05, 0) is 68.4 Å². The smallest absolute Gasteiger partial charge is 0.408 e. The highest BCUT2D eigenvalue weighted by Crippen LogP contribution is 2.45. The van der Waals surface area contributed by atoms with Gasteiger partial charge in [0.15, 0.2) is 5.13 Å². The lowest BCUT2D eigenvalue weighted by Gasteiger charge is -2.34. The Balaban J connectivity index is 1.19. The van der Waals surface area contributed by atoms with Gasteiger partial charge in [-0.25, -0.2) is 19.6 Å². The number of nitrogens with one attached hydrogen (secondary N) is 3. The highest BCUT2D eigenvalue weighted by molar-refractivity contribution is 7.14. The van der Waals surface area contributed by atoms with E-state index in [0.29, 0.717) is 45.3 Å². The first-order valence-electron chi connectivity index (χ1n) is 21.0. The number of carbonyl (C=O) groups excluding carboxylic acids is 4. The highest BCUT2D eigenvalue weighted by Gasteiger charge is 2.61. The zero-order valence-corrected chi connectivity index (χ0v) is 35.6. The van der Waals surface area contributed by atoms with E-state index >= 15 is 0 Å². The Hall–Kier alpha value is -5.25. The van der Waals surface area contributed by atoms with Crippen LogP contribution in [0.25, 0.3) is 22.3 Å². The van der Waals surface area contributed by atoms with Crippen molar-refractivity contribution in [3.05, 3.63) is 42.3 Å². The van der Waals surface area contributed by atoms with Gasteiger partial charge in [0.05, 0.1) is 24.9 Å². The molecule has 4 N–H and O–H groups in total. The fourth-order valence-electron chi connectivity index (χ4n) is 8.85. The molecule has 5 atom stereocenters. The first-order valence-corrected chi connectivity index (χ1v) is 21.9. The number of methoxy groups -OCH3 is 1. The van der Waals surface area contributed by atoms with Crippen molar-refractivity contribution in [2.24, 2.45) is 17.3 Å². The molecule has 0 spiro atoms. The van der Waals surface area contributed by atoms with Gasteiger partial charge in [0.25, 0.3) is 0 Å². The molecule has 0 radical (unpaired) electrons. The quantitative estimate of drug-likeness (QED) is 0.124. The number of pyridine rings is 1. The summed E-state index contributed by atoms with van der Waals surface area (Å²) >= 11 is 1.27. The van der Waals surface area contributed by atoms with Gasteiger partial charge in [-0.3, -0.25) is 14.4 Å². The van der Waals surface area contributed by atoms with E-state index in [1.165, 1.54) is 22.3 Å². The van der Waals surface area contributed by atoms with Crippen LogP contribution >= 0.6 is 11.3 Å². The van der Waals surface area contributed by atoms with E-state index in [1.807, 2.05) is 26.8 Å². The van der Waals surface area contributed by atoms with Crippen molar-refractivity contribution in [3.8, 4) is 22.9 Å². The molecule has 1 aromatic carbocycles. The summed E-state index contributed by atoms with van der Waals surface area (Å²) in [7, 11) is 1.56. The number of carboxylic acid groups (broad SMARTS) is 1. The molecule has 3 aromatic rings. The Morgan fingerprint density at radius 3 is 2.42 bits per heavy atom. The van der Waals surface area contributed by atoms with Crippen LogP contribution in [0.15, 0.2) is 42.3 Å². The van der Waals surface area contributed by atoms with Crippen LogP contribution in [-0.4, -0.2) is 93.2 Å². The Labute approximate surface area is 354 Å². The average Bonchev–Trinajstić information content (AvgIpc) is 3.62. The zero-order chi connectivity index (χ0) is 42.8. The summed E-state index contributed by atoms with van der Waals surface area (Å²) in [5, 5.41) is 21.6. The number of aliphatic carboxylic acids is 1. The van der Waals surface area contributed by atoms with E-state index in [4.69, 9.17) is 19.2 Å². The maximum Gasteiger partial charge on any atom is 0.408 e. The van der Waals surface area contributed by atoms with Gasteiger partial charge in [-0.1, -0.05) is 46.1 Å².